The molecule has 2 amide bonds. The lowest BCUT2D eigenvalue weighted by atomic mass is 10.0. The molecule has 0 aliphatic carbocycles. The molecule has 0 aliphatic rings. The quantitative estimate of drug-likeness (QED) is 0.383. The minimum Gasteiger partial charge on any atom is -0.464 e. The molecule has 0 spiro atoms. The number of hydrogen-bond acceptors (Lipinski definition) is 4. The first-order chi connectivity index (χ1) is 14.1. The standard InChI is InChI=1S/C22H17FN2O3S/c23-17-7-3-4-8-19(17)29-13-21(27)25-24-20(26)11-15-12-28-18-10-9-14-5-1-2-6-16(14)22(15)18/h1-10,12H,11,13H2,(H,24,26)(H,25,27). The fraction of sp³-hybridized carbons (Fsp3) is 0.0909. The number of hydrazine groups is 1. The molecule has 0 radical (unpaired) electrons. The van der Waals surface area contributed by atoms with Crippen molar-refractivity contribution < 1.29 is 18.4 Å². The number of benzene rings is 3. The summed E-state index contributed by atoms with van der Waals surface area (Å²) in [7, 11) is 0. The van der Waals surface area contributed by atoms with Crippen molar-refractivity contribution in [1.29, 1.82) is 0 Å². The Kier molecular flexibility index (Phi) is 5.48. The molecule has 0 aliphatic heterocycles. The molecule has 0 fully saturated rings. The maximum absolute atomic E-state index is 13.6. The molecule has 0 saturated heterocycles. The van der Waals surface area contributed by atoms with E-state index in [0.29, 0.717) is 10.5 Å². The number of nitrogens with one attached hydrogen (secondary N) is 2. The lowest BCUT2D eigenvalue weighted by molar-refractivity contribution is -0.127. The second-order valence-corrected chi connectivity index (χ2v) is 7.43. The van der Waals surface area contributed by atoms with Crippen LogP contribution in [0.15, 0.2) is 76.2 Å². The van der Waals surface area contributed by atoms with Gasteiger partial charge in [0.15, 0.2) is 0 Å². The highest BCUT2D eigenvalue weighted by Gasteiger charge is 2.14. The number of carbonyl (C=O) groups excluding carboxylic acids is 2. The van der Waals surface area contributed by atoms with Crippen LogP contribution in [-0.2, 0) is 16.0 Å². The van der Waals surface area contributed by atoms with Crippen molar-refractivity contribution in [2.45, 2.75) is 11.3 Å². The SMILES string of the molecule is O=C(CSc1ccccc1F)NNC(=O)Cc1coc2ccc3ccccc3c12. The third-order valence-corrected chi connectivity index (χ3v) is 5.48. The zero-order chi connectivity index (χ0) is 20.2. The summed E-state index contributed by atoms with van der Waals surface area (Å²) < 4.78 is 19.1. The number of hydrogen-bond donors (Lipinski definition) is 2. The first-order valence-electron chi connectivity index (χ1n) is 8.94. The van der Waals surface area contributed by atoms with Crippen molar-refractivity contribution in [3.8, 4) is 0 Å². The van der Waals surface area contributed by atoms with E-state index in [0.717, 1.165) is 33.5 Å². The number of thioether (sulfide) groups is 1. The summed E-state index contributed by atoms with van der Waals surface area (Å²) in [6.07, 6.45) is 1.62. The Morgan fingerprint density at radius 1 is 0.931 bits per heavy atom. The molecular formula is C22H17FN2O3S. The molecule has 5 nitrogen and oxygen atoms in total. The fourth-order valence-corrected chi connectivity index (χ4v) is 3.84. The lowest BCUT2D eigenvalue weighted by Crippen LogP contribution is -2.43. The lowest BCUT2D eigenvalue weighted by Gasteiger charge is -2.07. The van der Waals surface area contributed by atoms with Gasteiger partial charge in [-0.05, 0) is 29.0 Å². The van der Waals surface area contributed by atoms with E-state index in [1.54, 1.807) is 24.5 Å². The second-order valence-electron chi connectivity index (χ2n) is 6.41. The van der Waals surface area contributed by atoms with Gasteiger partial charge in [-0.2, -0.15) is 0 Å². The van der Waals surface area contributed by atoms with Gasteiger partial charge in [-0.25, -0.2) is 4.39 Å². The van der Waals surface area contributed by atoms with E-state index in [-0.39, 0.29) is 23.9 Å². The first kappa shape index (κ1) is 19.0. The Bertz CT molecular complexity index is 1210. The van der Waals surface area contributed by atoms with Gasteiger partial charge in [-0.3, -0.25) is 20.4 Å². The van der Waals surface area contributed by atoms with E-state index in [2.05, 4.69) is 10.9 Å². The monoisotopic (exact) mass is 408 g/mol. The van der Waals surface area contributed by atoms with E-state index < -0.39 is 5.91 Å². The van der Waals surface area contributed by atoms with Crippen molar-refractivity contribution in [3.63, 3.8) is 0 Å². The minimum atomic E-state index is -0.422. The van der Waals surface area contributed by atoms with Gasteiger partial charge in [0, 0.05) is 15.8 Å². The molecule has 1 aromatic heterocycles. The summed E-state index contributed by atoms with van der Waals surface area (Å²) in [5.41, 5.74) is 6.20. The van der Waals surface area contributed by atoms with Gasteiger partial charge >= 0.3 is 0 Å². The summed E-state index contributed by atoms with van der Waals surface area (Å²) in [5.74, 6) is -1.19. The molecule has 0 saturated carbocycles. The molecule has 4 aromatic rings. The van der Waals surface area contributed by atoms with Crippen LogP contribution in [0.25, 0.3) is 21.7 Å². The van der Waals surface area contributed by atoms with Crippen LogP contribution in [0.1, 0.15) is 5.56 Å². The van der Waals surface area contributed by atoms with Gasteiger partial charge in [0.1, 0.15) is 11.4 Å². The number of furan rings is 1. The molecule has 0 unspecified atom stereocenters. The predicted molar refractivity (Wildman–Crippen MR) is 111 cm³/mol. The number of fused-ring (bicyclic) bond motifs is 3. The molecule has 4 rings (SSSR count). The van der Waals surface area contributed by atoms with Gasteiger partial charge < -0.3 is 4.42 Å². The number of amides is 2. The van der Waals surface area contributed by atoms with Crippen LogP contribution in [-0.4, -0.2) is 17.6 Å². The van der Waals surface area contributed by atoms with Gasteiger partial charge in [0.2, 0.25) is 11.8 Å². The summed E-state index contributed by atoms with van der Waals surface area (Å²) >= 11 is 1.06. The van der Waals surface area contributed by atoms with E-state index in [1.165, 1.54) is 6.07 Å². The molecule has 0 bridgehead atoms. The van der Waals surface area contributed by atoms with Crippen molar-refractivity contribution in [2.75, 3.05) is 5.75 Å². The maximum Gasteiger partial charge on any atom is 0.248 e. The average molecular weight is 408 g/mol. The van der Waals surface area contributed by atoms with E-state index >= 15 is 0 Å². The third-order valence-electron chi connectivity index (χ3n) is 4.43. The Morgan fingerprint density at radius 2 is 1.69 bits per heavy atom. The van der Waals surface area contributed by atoms with Crippen molar-refractivity contribution in [3.05, 3.63) is 78.3 Å². The number of halogens is 1. The van der Waals surface area contributed by atoms with Gasteiger partial charge in [0.25, 0.3) is 0 Å². The van der Waals surface area contributed by atoms with Crippen LogP contribution in [0, 0.1) is 5.82 Å². The molecule has 7 heteroatoms. The number of carbonyl (C=O) groups is 2. The minimum absolute atomic E-state index is 0.0134. The highest BCUT2D eigenvalue weighted by Crippen LogP contribution is 2.30. The highest BCUT2D eigenvalue weighted by molar-refractivity contribution is 8.00. The topological polar surface area (TPSA) is 71.3 Å². The van der Waals surface area contributed by atoms with Crippen LogP contribution in [0.5, 0.6) is 0 Å². The predicted octanol–water partition coefficient (Wildman–Crippen LogP) is 4.21. The van der Waals surface area contributed by atoms with Crippen molar-refractivity contribution >= 4 is 45.3 Å². The average Bonchev–Trinajstić information content (AvgIpc) is 3.15. The molecule has 0 atom stereocenters. The first-order valence-corrected chi connectivity index (χ1v) is 9.93. The molecule has 3 aromatic carbocycles. The molecule has 1 heterocycles. The Balaban J connectivity index is 1.37. The molecular weight excluding hydrogens is 391 g/mol. The third kappa shape index (κ3) is 4.25. The molecule has 146 valence electrons. The summed E-state index contributed by atoms with van der Waals surface area (Å²) in [6.45, 7) is 0. The van der Waals surface area contributed by atoms with E-state index in [1.807, 2.05) is 36.4 Å². The maximum atomic E-state index is 13.6. The van der Waals surface area contributed by atoms with Gasteiger partial charge in [-0.15, -0.1) is 11.8 Å². The second kappa shape index (κ2) is 8.36. The largest absolute Gasteiger partial charge is 0.464 e. The van der Waals surface area contributed by atoms with Crippen LogP contribution in [0.3, 0.4) is 0 Å². The fourth-order valence-electron chi connectivity index (χ4n) is 3.10. The summed E-state index contributed by atoms with van der Waals surface area (Å²) in [5, 5.41) is 2.95. The van der Waals surface area contributed by atoms with Crippen LogP contribution in [0.4, 0.5) is 4.39 Å². The smallest absolute Gasteiger partial charge is 0.248 e. The van der Waals surface area contributed by atoms with Crippen molar-refractivity contribution in [1.82, 2.24) is 10.9 Å². The number of rotatable bonds is 5. The van der Waals surface area contributed by atoms with Crippen LogP contribution < -0.4 is 10.9 Å². The zero-order valence-electron chi connectivity index (χ0n) is 15.3. The van der Waals surface area contributed by atoms with Gasteiger partial charge in [-0.1, -0.05) is 42.5 Å². The highest BCUT2D eigenvalue weighted by atomic mass is 32.2. The zero-order valence-corrected chi connectivity index (χ0v) is 16.1. The normalized spacial score (nSPS) is 10.9. The van der Waals surface area contributed by atoms with Crippen molar-refractivity contribution in [2.24, 2.45) is 0 Å². The Morgan fingerprint density at radius 3 is 2.55 bits per heavy atom. The van der Waals surface area contributed by atoms with Gasteiger partial charge in [0.05, 0.1) is 18.4 Å². The summed E-state index contributed by atoms with van der Waals surface area (Å²) in [6, 6.07) is 17.9. The van der Waals surface area contributed by atoms with Crippen LogP contribution in [0.2, 0.25) is 0 Å². The van der Waals surface area contributed by atoms with E-state index in [4.69, 9.17) is 4.42 Å². The molecule has 2 N–H and O–H groups in total. The molecule has 29 heavy (non-hydrogen) atoms. The van der Waals surface area contributed by atoms with E-state index in [9.17, 15) is 14.0 Å². The Hall–Kier alpha value is -3.32. The Labute approximate surface area is 170 Å². The van der Waals surface area contributed by atoms with Crippen LogP contribution >= 0.6 is 11.8 Å². The summed E-state index contributed by atoms with van der Waals surface area (Å²) in [4.78, 5) is 24.6.